The van der Waals surface area contributed by atoms with Crippen LogP contribution in [-0.2, 0) is 4.79 Å². The number of nitrogens with zero attached hydrogens (tertiary/aromatic N) is 2. The molecule has 1 rings (SSSR count). The largest absolute Gasteiger partial charge is 0.327 e. The highest BCUT2D eigenvalue weighted by Gasteiger charge is 2.33. The molecule has 0 saturated carbocycles. The van der Waals surface area contributed by atoms with Gasteiger partial charge in [0.2, 0.25) is 5.91 Å². The Hall–Kier alpha value is -1.10. The van der Waals surface area contributed by atoms with E-state index in [9.17, 15) is 9.59 Å². The Kier molecular flexibility index (Phi) is 2.87. The van der Waals surface area contributed by atoms with E-state index in [1.807, 2.05) is 6.92 Å². The van der Waals surface area contributed by atoms with Gasteiger partial charge in [-0.3, -0.25) is 9.69 Å². The molecule has 1 saturated heterocycles. The van der Waals surface area contributed by atoms with Gasteiger partial charge >= 0.3 is 6.03 Å². The third-order valence-electron chi connectivity index (χ3n) is 2.16. The second-order valence-electron chi connectivity index (χ2n) is 3.20. The number of amides is 3. The van der Waals surface area contributed by atoms with Crippen LogP contribution in [0.1, 0.15) is 19.8 Å². The second-order valence-corrected chi connectivity index (χ2v) is 3.20. The van der Waals surface area contributed by atoms with Gasteiger partial charge in [0.15, 0.2) is 0 Å². The lowest BCUT2D eigenvalue weighted by Gasteiger charge is -2.36. The van der Waals surface area contributed by atoms with Crippen molar-refractivity contribution >= 4 is 11.9 Å². The first-order chi connectivity index (χ1) is 6.07. The Morgan fingerprint density at radius 3 is 2.69 bits per heavy atom. The molecule has 1 atom stereocenters. The monoisotopic (exact) mass is 185 g/mol. The van der Waals surface area contributed by atoms with Crippen LogP contribution in [0.4, 0.5) is 4.79 Å². The number of imide groups is 1. The van der Waals surface area contributed by atoms with Crippen LogP contribution in [0.25, 0.3) is 0 Å². The first kappa shape index (κ1) is 9.98. The van der Waals surface area contributed by atoms with Gasteiger partial charge in [-0.15, -0.1) is 0 Å². The predicted octanol–water partition coefficient (Wildman–Crippen LogP) is -0.0347. The maximum absolute atomic E-state index is 11.5. The summed E-state index contributed by atoms with van der Waals surface area (Å²) in [5, 5.41) is 0. The van der Waals surface area contributed by atoms with Gasteiger partial charge in [-0.05, 0) is 6.42 Å². The molecule has 0 bridgehead atoms. The van der Waals surface area contributed by atoms with Crippen LogP contribution in [0.2, 0.25) is 0 Å². The number of carbonyl (C=O) groups excluding carboxylic acids is 2. The van der Waals surface area contributed by atoms with Crippen LogP contribution in [0.15, 0.2) is 0 Å². The number of urea groups is 1. The molecule has 0 aromatic heterocycles. The normalized spacial score (nSPS) is 24.1. The zero-order chi connectivity index (χ0) is 10.0. The summed E-state index contributed by atoms with van der Waals surface area (Å²) in [7, 11) is 1.49. The average molecular weight is 185 g/mol. The van der Waals surface area contributed by atoms with Gasteiger partial charge in [0, 0.05) is 13.6 Å². The minimum absolute atomic E-state index is 0.204. The Labute approximate surface area is 77.5 Å². The van der Waals surface area contributed by atoms with Crippen molar-refractivity contribution in [3.05, 3.63) is 0 Å². The first-order valence-electron chi connectivity index (χ1n) is 4.40. The van der Waals surface area contributed by atoms with Gasteiger partial charge in [0.25, 0.3) is 0 Å². The topological polar surface area (TPSA) is 66.6 Å². The third-order valence-corrected chi connectivity index (χ3v) is 2.16. The van der Waals surface area contributed by atoms with Gasteiger partial charge in [0.05, 0.1) is 12.6 Å². The molecule has 3 amide bonds. The quantitative estimate of drug-likeness (QED) is 0.656. The zero-order valence-electron chi connectivity index (χ0n) is 7.99. The molecule has 1 heterocycles. The average Bonchev–Trinajstić information content (AvgIpc) is 2.09. The summed E-state index contributed by atoms with van der Waals surface area (Å²) >= 11 is 0. The van der Waals surface area contributed by atoms with E-state index in [0.29, 0.717) is 6.54 Å². The fraction of sp³-hybridized carbons (Fsp3) is 0.750. The Morgan fingerprint density at radius 1 is 1.54 bits per heavy atom. The van der Waals surface area contributed by atoms with Crippen LogP contribution in [0.3, 0.4) is 0 Å². The molecule has 1 aliphatic heterocycles. The van der Waals surface area contributed by atoms with E-state index in [4.69, 9.17) is 5.73 Å². The molecule has 0 aromatic carbocycles. The van der Waals surface area contributed by atoms with E-state index in [0.717, 1.165) is 11.3 Å². The van der Waals surface area contributed by atoms with E-state index in [1.165, 1.54) is 11.9 Å². The smallest absolute Gasteiger partial charge is 0.311 e. The van der Waals surface area contributed by atoms with Crippen LogP contribution >= 0.6 is 0 Å². The van der Waals surface area contributed by atoms with Crippen molar-refractivity contribution in [3.8, 4) is 0 Å². The fourth-order valence-electron chi connectivity index (χ4n) is 1.37. The van der Waals surface area contributed by atoms with Crippen molar-refractivity contribution in [2.45, 2.75) is 25.9 Å². The molecule has 1 aliphatic rings. The lowest BCUT2D eigenvalue weighted by molar-refractivity contribution is -0.131. The van der Waals surface area contributed by atoms with Crippen molar-refractivity contribution in [1.29, 1.82) is 0 Å². The van der Waals surface area contributed by atoms with Crippen molar-refractivity contribution in [1.82, 2.24) is 9.80 Å². The SMILES string of the molecule is CCCN1C(=O)N(C)C(=O)CC1N. The van der Waals surface area contributed by atoms with Crippen LogP contribution in [0, 0.1) is 0 Å². The number of rotatable bonds is 2. The Balaban J connectivity index is 2.73. The van der Waals surface area contributed by atoms with Crippen LogP contribution < -0.4 is 5.73 Å². The van der Waals surface area contributed by atoms with Gasteiger partial charge < -0.3 is 10.6 Å². The predicted molar refractivity (Wildman–Crippen MR) is 47.8 cm³/mol. The summed E-state index contributed by atoms with van der Waals surface area (Å²) in [5.41, 5.74) is 5.67. The van der Waals surface area contributed by atoms with Gasteiger partial charge in [-0.25, -0.2) is 4.79 Å². The summed E-state index contributed by atoms with van der Waals surface area (Å²) in [6.07, 6.45) is 0.625. The van der Waals surface area contributed by atoms with E-state index in [2.05, 4.69) is 0 Å². The van der Waals surface area contributed by atoms with Gasteiger partial charge in [-0.2, -0.15) is 0 Å². The molecule has 5 nitrogen and oxygen atoms in total. The molecule has 1 fully saturated rings. The molecule has 0 aromatic rings. The van der Waals surface area contributed by atoms with Crippen molar-refractivity contribution in [3.63, 3.8) is 0 Å². The number of carbonyl (C=O) groups is 2. The zero-order valence-corrected chi connectivity index (χ0v) is 7.99. The molecule has 5 heteroatoms. The molecule has 0 spiro atoms. The van der Waals surface area contributed by atoms with Crippen molar-refractivity contribution in [2.24, 2.45) is 5.73 Å². The second kappa shape index (κ2) is 3.74. The van der Waals surface area contributed by atoms with Gasteiger partial charge in [-0.1, -0.05) is 6.92 Å². The highest BCUT2D eigenvalue weighted by Crippen LogP contribution is 2.12. The Morgan fingerprint density at radius 2 is 2.15 bits per heavy atom. The maximum atomic E-state index is 11.5. The lowest BCUT2D eigenvalue weighted by atomic mass is 10.2. The summed E-state index contributed by atoms with van der Waals surface area (Å²) in [5.74, 6) is -0.204. The van der Waals surface area contributed by atoms with Crippen LogP contribution in [0.5, 0.6) is 0 Å². The highest BCUT2D eigenvalue weighted by atomic mass is 16.2. The molecule has 13 heavy (non-hydrogen) atoms. The van der Waals surface area contributed by atoms with E-state index < -0.39 is 6.17 Å². The maximum Gasteiger partial charge on any atom is 0.327 e. The highest BCUT2D eigenvalue weighted by molar-refractivity contribution is 5.96. The summed E-state index contributed by atoms with van der Waals surface area (Å²) in [6.45, 7) is 2.58. The molecular weight excluding hydrogens is 170 g/mol. The number of hydrogen-bond donors (Lipinski definition) is 1. The molecule has 1 unspecified atom stereocenters. The molecule has 74 valence electrons. The molecule has 2 N–H and O–H groups in total. The first-order valence-corrected chi connectivity index (χ1v) is 4.40. The minimum Gasteiger partial charge on any atom is -0.311 e. The van der Waals surface area contributed by atoms with Crippen molar-refractivity contribution in [2.75, 3.05) is 13.6 Å². The lowest BCUT2D eigenvalue weighted by Crippen LogP contribution is -2.58. The summed E-state index contributed by atoms with van der Waals surface area (Å²) < 4.78 is 0. The van der Waals surface area contributed by atoms with E-state index in [-0.39, 0.29) is 18.4 Å². The number of hydrogen-bond acceptors (Lipinski definition) is 3. The third kappa shape index (κ3) is 1.80. The van der Waals surface area contributed by atoms with Crippen LogP contribution in [-0.4, -0.2) is 41.5 Å². The molecular formula is C8H15N3O2. The number of nitrogens with two attached hydrogens (primary N) is 1. The van der Waals surface area contributed by atoms with Gasteiger partial charge in [0.1, 0.15) is 0 Å². The molecule has 0 radical (unpaired) electrons. The fourth-order valence-corrected chi connectivity index (χ4v) is 1.37. The summed E-state index contributed by atoms with van der Waals surface area (Å²) in [4.78, 5) is 25.3. The van der Waals surface area contributed by atoms with E-state index in [1.54, 1.807) is 0 Å². The van der Waals surface area contributed by atoms with E-state index >= 15 is 0 Å². The minimum atomic E-state index is -0.448. The van der Waals surface area contributed by atoms with Crippen molar-refractivity contribution < 1.29 is 9.59 Å². The Bertz CT molecular complexity index is 229. The molecule has 0 aliphatic carbocycles. The summed E-state index contributed by atoms with van der Waals surface area (Å²) in [6, 6.07) is -0.286. The standard InChI is InChI=1S/C8H15N3O2/c1-3-4-11-6(9)5-7(12)10(2)8(11)13/h6H,3-5,9H2,1-2H3.